The first-order valence-corrected chi connectivity index (χ1v) is 11.7. The van der Waals surface area contributed by atoms with Crippen LogP contribution in [0.25, 0.3) is 0 Å². The van der Waals surface area contributed by atoms with Crippen molar-refractivity contribution in [2.45, 2.75) is 25.6 Å². The largest absolute Gasteiger partial charge is 0.493 e. The number of hydrogen-bond donors (Lipinski definition) is 1. The normalized spacial score (nSPS) is 14.4. The lowest BCUT2D eigenvalue weighted by atomic mass is 10.1. The van der Waals surface area contributed by atoms with E-state index in [9.17, 15) is 18.0 Å². The molecule has 0 fully saturated rings. The number of fused-ring (bicyclic) bond motifs is 1. The maximum absolute atomic E-state index is 13.1. The zero-order valence-electron chi connectivity index (χ0n) is 19.9. The molecule has 4 aromatic rings. The number of rotatable bonds is 8. The van der Waals surface area contributed by atoms with Crippen LogP contribution in [0.1, 0.15) is 22.9 Å². The van der Waals surface area contributed by atoms with Gasteiger partial charge in [0.05, 0.1) is 0 Å². The van der Waals surface area contributed by atoms with E-state index in [4.69, 9.17) is 14.3 Å². The van der Waals surface area contributed by atoms with Gasteiger partial charge in [-0.05, 0) is 35.4 Å². The van der Waals surface area contributed by atoms with Gasteiger partial charge < -0.3 is 19.6 Å². The number of anilines is 2. The van der Waals surface area contributed by atoms with Crippen molar-refractivity contribution in [2.24, 2.45) is 0 Å². The number of halogens is 3. The van der Waals surface area contributed by atoms with E-state index in [-0.39, 0.29) is 24.7 Å². The summed E-state index contributed by atoms with van der Waals surface area (Å²) in [7, 11) is 0. The zero-order valence-corrected chi connectivity index (χ0v) is 19.9. The molecule has 1 aliphatic heterocycles. The van der Waals surface area contributed by atoms with Crippen molar-refractivity contribution < 1.29 is 32.3 Å². The Kier molecular flexibility index (Phi) is 7.03. The van der Waals surface area contributed by atoms with Gasteiger partial charge in [0.15, 0.2) is 12.0 Å². The molecule has 1 atom stereocenters. The Morgan fingerprint density at radius 3 is 1.97 bits per heavy atom. The molecular formula is C28H22F3N3O4. The van der Waals surface area contributed by atoms with Crippen molar-refractivity contribution in [3.63, 3.8) is 0 Å². The molecule has 7 nitrogen and oxygen atoms in total. The lowest BCUT2D eigenvalue weighted by Crippen LogP contribution is -2.36. The molecule has 1 N–H and O–H groups in total. The highest BCUT2D eigenvalue weighted by Crippen LogP contribution is 2.42. The minimum absolute atomic E-state index is 0.178. The topological polar surface area (TPSA) is 72.9 Å². The molecule has 0 spiro atoms. The van der Waals surface area contributed by atoms with Gasteiger partial charge in [-0.2, -0.15) is 18.2 Å². The Hall–Kier alpha value is -4.73. The Bertz CT molecular complexity index is 1340. The average Bonchev–Trinajstić information content (AvgIpc) is 3.30. The predicted octanol–water partition coefficient (Wildman–Crippen LogP) is 6.19. The third-order valence-electron chi connectivity index (χ3n) is 5.66. The van der Waals surface area contributed by atoms with E-state index in [1.54, 1.807) is 18.2 Å². The number of nitrogens with zero attached hydrogens (tertiary/aromatic N) is 2. The Balaban J connectivity index is 1.47. The van der Waals surface area contributed by atoms with Crippen molar-refractivity contribution in [1.29, 1.82) is 0 Å². The van der Waals surface area contributed by atoms with Crippen molar-refractivity contribution in [3.05, 3.63) is 114 Å². The van der Waals surface area contributed by atoms with E-state index in [0.29, 0.717) is 17.1 Å². The van der Waals surface area contributed by atoms with E-state index in [1.165, 1.54) is 18.3 Å². The summed E-state index contributed by atoms with van der Waals surface area (Å²) in [5, 5.41) is 3.88. The van der Waals surface area contributed by atoms with Crippen molar-refractivity contribution in [3.8, 4) is 11.5 Å². The number of hydroxylamine groups is 1. The smallest absolute Gasteiger partial charge is 0.489 e. The van der Waals surface area contributed by atoms with Crippen LogP contribution in [0.3, 0.4) is 0 Å². The van der Waals surface area contributed by atoms with Crippen molar-refractivity contribution in [1.82, 2.24) is 4.98 Å². The second-order valence-electron chi connectivity index (χ2n) is 8.41. The number of pyridine rings is 1. The Labute approximate surface area is 216 Å². The summed E-state index contributed by atoms with van der Waals surface area (Å²) in [4.78, 5) is 20.7. The molecule has 0 radical (unpaired) electrons. The third kappa shape index (κ3) is 5.80. The van der Waals surface area contributed by atoms with Gasteiger partial charge in [0.1, 0.15) is 30.4 Å². The highest BCUT2D eigenvalue weighted by atomic mass is 19.4. The number of aromatic nitrogens is 1. The predicted molar refractivity (Wildman–Crippen MR) is 133 cm³/mol. The molecule has 0 saturated heterocycles. The zero-order chi connectivity index (χ0) is 26.5. The quantitative estimate of drug-likeness (QED) is 0.296. The first kappa shape index (κ1) is 24.9. The molecule has 0 amide bonds. The molecule has 10 heteroatoms. The number of carbonyl (C=O) groups excluding carboxylic acids is 1. The van der Waals surface area contributed by atoms with Gasteiger partial charge in [0.2, 0.25) is 0 Å². The molecule has 38 heavy (non-hydrogen) atoms. The maximum Gasteiger partial charge on any atom is 0.493 e. The van der Waals surface area contributed by atoms with Gasteiger partial charge in [-0.15, -0.1) is 0 Å². The van der Waals surface area contributed by atoms with Gasteiger partial charge in [-0.3, -0.25) is 0 Å². The summed E-state index contributed by atoms with van der Waals surface area (Å²) >= 11 is 0. The second kappa shape index (κ2) is 10.7. The summed E-state index contributed by atoms with van der Waals surface area (Å²) in [6.45, 7) is 0.518. The average molecular weight is 521 g/mol. The molecule has 1 aliphatic rings. The van der Waals surface area contributed by atoms with Crippen LogP contribution in [0.15, 0.2) is 97.2 Å². The molecule has 0 bridgehead atoms. The van der Waals surface area contributed by atoms with E-state index in [2.05, 4.69) is 10.3 Å². The van der Waals surface area contributed by atoms with Crippen molar-refractivity contribution >= 4 is 17.5 Å². The highest BCUT2D eigenvalue weighted by Gasteiger charge is 2.45. The van der Waals surface area contributed by atoms with Gasteiger partial charge in [0.25, 0.3) is 0 Å². The van der Waals surface area contributed by atoms with Crippen molar-refractivity contribution in [2.75, 3.05) is 10.4 Å². The van der Waals surface area contributed by atoms with Gasteiger partial charge in [-0.25, -0.2) is 9.78 Å². The summed E-state index contributed by atoms with van der Waals surface area (Å²) in [6.07, 6.45) is -4.73. The Morgan fingerprint density at radius 2 is 1.42 bits per heavy atom. The fraction of sp³-hybridized carbons (Fsp3) is 0.143. The number of benzene rings is 3. The van der Waals surface area contributed by atoms with Gasteiger partial charge >= 0.3 is 12.1 Å². The molecule has 3 aromatic carbocycles. The molecule has 0 saturated carbocycles. The summed E-state index contributed by atoms with van der Waals surface area (Å²) < 4.78 is 51.3. The van der Waals surface area contributed by atoms with Crippen LogP contribution >= 0.6 is 0 Å². The molecule has 1 aromatic heterocycles. The van der Waals surface area contributed by atoms with Crippen LogP contribution < -0.4 is 19.9 Å². The van der Waals surface area contributed by atoms with E-state index < -0.39 is 18.3 Å². The van der Waals surface area contributed by atoms with Crippen LogP contribution in [-0.2, 0) is 22.8 Å². The maximum atomic E-state index is 13.1. The summed E-state index contributed by atoms with van der Waals surface area (Å²) in [6, 6.07) is 27.0. The molecular weight excluding hydrogens is 499 g/mol. The standard InChI is InChI=1S/C28H22F3N3O4/c29-28(30,31)27(35)38-34-24-12-7-13-32-25(24)33-26(34)21-14-22(36-17-19-8-3-1-4-9-19)16-23(15-21)37-18-20-10-5-2-6-11-20/h1-16,26H,17-18H2,(H,32,33). The van der Waals surface area contributed by atoms with Crippen LogP contribution in [0.4, 0.5) is 24.7 Å². The van der Waals surface area contributed by atoms with Gasteiger partial charge in [-0.1, -0.05) is 60.7 Å². The van der Waals surface area contributed by atoms with Gasteiger partial charge in [0, 0.05) is 17.8 Å². The molecule has 1 unspecified atom stereocenters. The van der Waals surface area contributed by atoms with Crippen LogP contribution in [0, 0.1) is 0 Å². The summed E-state index contributed by atoms with van der Waals surface area (Å²) in [5.74, 6) is -1.25. The highest BCUT2D eigenvalue weighted by molar-refractivity contribution is 5.80. The SMILES string of the molecule is O=C(ON1c2cccnc2NC1c1cc(OCc2ccccc2)cc(OCc2ccccc2)c1)C(F)(F)F. The minimum atomic E-state index is -5.18. The second-order valence-corrected chi connectivity index (χ2v) is 8.41. The summed E-state index contributed by atoms with van der Waals surface area (Å²) in [5.41, 5.74) is 2.48. The van der Waals surface area contributed by atoms with Crippen LogP contribution in [-0.4, -0.2) is 17.1 Å². The fourth-order valence-electron chi connectivity index (χ4n) is 3.87. The van der Waals surface area contributed by atoms with Crippen LogP contribution in [0.2, 0.25) is 0 Å². The van der Waals surface area contributed by atoms with Crippen LogP contribution in [0.5, 0.6) is 11.5 Å². The molecule has 194 valence electrons. The molecule has 5 rings (SSSR count). The van der Waals surface area contributed by atoms with E-state index >= 15 is 0 Å². The first-order chi connectivity index (χ1) is 18.4. The minimum Gasteiger partial charge on any atom is -0.489 e. The third-order valence-corrected chi connectivity index (χ3v) is 5.66. The number of nitrogens with one attached hydrogen (secondary N) is 1. The monoisotopic (exact) mass is 521 g/mol. The van der Waals surface area contributed by atoms with E-state index in [1.807, 2.05) is 60.7 Å². The lowest BCUT2D eigenvalue weighted by molar-refractivity contribution is -0.201. The molecule has 2 heterocycles. The number of carbonyl (C=O) groups is 1. The lowest BCUT2D eigenvalue weighted by Gasteiger charge is -2.26. The number of alkyl halides is 3. The molecule has 0 aliphatic carbocycles. The first-order valence-electron chi connectivity index (χ1n) is 11.7. The number of hydrogen-bond acceptors (Lipinski definition) is 7. The fourth-order valence-corrected chi connectivity index (χ4v) is 3.87. The van der Waals surface area contributed by atoms with E-state index in [0.717, 1.165) is 16.2 Å². The number of ether oxygens (including phenoxy) is 2. The Morgan fingerprint density at radius 1 is 0.842 bits per heavy atom.